The summed E-state index contributed by atoms with van der Waals surface area (Å²) in [5, 5.41) is 11.1. The smallest absolute Gasteiger partial charge is 0.255 e. The summed E-state index contributed by atoms with van der Waals surface area (Å²) in [6.07, 6.45) is 0.506. The Hall–Kier alpha value is -3.13. The van der Waals surface area contributed by atoms with Crippen molar-refractivity contribution < 1.29 is 14.4 Å². The van der Waals surface area contributed by atoms with Gasteiger partial charge >= 0.3 is 0 Å². The van der Waals surface area contributed by atoms with Crippen molar-refractivity contribution in [1.82, 2.24) is 5.32 Å². The fraction of sp³-hybridized carbons (Fsp3) is 0.304. The zero-order valence-corrected chi connectivity index (χ0v) is 18.7. The van der Waals surface area contributed by atoms with Gasteiger partial charge < -0.3 is 10.6 Å². The lowest BCUT2D eigenvalue weighted by atomic mass is 9.92. The molecule has 3 amide bonds. The summed E-state index contributed by atoms with van der Waals surface area (Å²) >= 11 is 1.37. The van der Waals surface area contributed by atoms with Crippen LogP contribution in [0, 0.1) is 5.41 Å². The third-order valence-electron chi connectivity index (χ3n) is 4.26. The van der Waals surface area contributed by atoms with E-state index < -0.39 is 0 Å². The van der Waals surface area contributed by atoms with Crippen LogP contribution in [0.3, 0.4) is 0 Å². The molecule has 0 aliphatic carbocycles. The van der Waals surface area contributed by atoms with E-state index in [0.717, 1.165) is 10.6 Å². The lowest BCUT2D eigenvalue weighted by Gasteiger charge is -2.17. The maximum atomic E-state index is 12.3. The van der Waals surface area contributed by atoms with Gasteiger partial charge in [-0.1, -0.05) is 39.0 Å². The second-order valence-corrected chi connectivity index (χ2v) is 9.46. The van der Waals surface area contributed by atoms with Gasteiger partial charge in [0.1, 0.15) is 5.84 Å². The van der Waals surface area contributed by atoms with Crippen molar-refractivity contribution >= 4 is 46.7 Å². The van der Waals surface area contributed by atoms with Crippen molar-refractivity contribution in [2.45, 2.75) is 38.5 Å². The molecular formula is C23H26N4O3S. The van der Waals surface area contributed by atoms with Gasteiger partial charge in [-0.3, -0.25) is 14.4 Å². The lowest BCUT2D eigenvalue weighted by Crippen LogP contribution is -2.31. The number of amidine groups is 1. The Labute approximate surface area is 186 Å². The molecule has 31 heavy (non-hydrogen) atoms. The lowest BCUT2D eigenvalue weighted by molar-refractivity contribution is -0.118. The quantitative estimate of drug-likeness (QED) is 0.667. The van der Waals surface area contributed by atoms with Gasteiger partial charge in [0.15, 0.2) is 0 Å². The highest BCUT2D eigenvalue weighted by Gasteiger charge is 2.26. The average Bonchev–Trinajstić information content (AvgIpc) is 3.06. The van der Waals surface area contributed by atoms with E-state index in [1.54, 1.807) is 12.1 Å². The number of hydrazone groups is 1. The Bertz CT molecular complexity index is 982. The number of para-hydroxylation sites is 1. The topological polar surface area (TPSA) is 90.9 Å². The number of hydrogen-bond donors (Lipinski definition) is 2. The molecule has 3 rings (SSSR count). The van der Waals surface area contributed by atoms with Gasteiger partial charge in [-0.25, -0.2) is 0 Å². The van der Waals surface area contributed by atoms with Gasteiger partial charge in [0, 0.05) is 17.0 Å². The highest BCUT2D eigenvalue weighted by molar-refractivity contribution is 8.00. The van der Waals surface area contributed by atoms with Crippen molar-refractivity contribution in [1.29, 1.82) is 0 Å². The predicted octanol–water partition coefficient (Wildman–Crippen LogP) is 4.02. The van der Waals surface area contributed by atoms with E-state index in [-0.39, 0.29) is 35.3 Å². The molecule has 1 aliphatic rings. The first-order chi connectivity index (χ1) is 14.7. The number of thioether (sulfide) groups is 1. The summed E-state index contributed by atoms with van der Waals surface area (Å²) < 4.78 is 0. The van der Waals surface area contributed by atoms with Crippen LogP contribution in [-0.2, 0) is 14.4 Å². The van der Waals surface area contributed by atoms with Crippen LogP contribution < -0.4 is 15.6 Å². The number of rotatable bonds is 6. The Kier molecular flexibility index (Phi) is 7.12. The molecule has 0 fully saturated rings. The highest BCUT2D eigenvalue weighted by atomic mass is 32.2. The van der Waals surface area contributed by atoms with E-state index in [9.17, 15) is 14.4 Å². The molecule has 7 nitrogen and oxygen atoms in total. The molecule has 0 aromatic heterocycles. The van der Waals surface area contributed by atoms with Crippen LogP contribution in [-0.4, -0.2) is 29.3 Å². The maximum Gasteiger partial charge on any atom is 0.255 e. The fourth-order valence-electron chi connectivity index (χ4n) is 2.94. The maximum absolute atomic E-state index is 12.3. The molecule has 0 atom stereocenters. The van der Waals surface area contributed by atoms with E-state index in [1.165, 1.54) is 16.8 Å². The Morgan fingerprint density at radius 2 is 1.68 bits per heavy atom. The van der Waals surface area contributed by atoms with Gasteiger partial charge in [-0.2, -0.15) is 10.1 Å². The molecule has 1 heterocycles. The number of hydrogen-bond acceptors (Lipinski definition) is 5. The summed E-state index contributed by atoms with van der Waals surface area (Å²) in [4.78, 5) is 37.3. The number of nitrogens with one attached hydrogen (secondary N) is 2. The van der Waals surface area contributed by atoms with Crippen molar-refractivity contribution in [3.8, 4) is 0 Å². The first-order valence-electron chi connectivity index (χ1n) is 9.98. The molecule has 0 bridgehead atoms. The number of benzene rings is 2. The summed E-state index contributed by atoms with van der Waals surface area (Å²) in [6, 6.07) is 16.4. The van der Waals surface area contributed by atoms with Crippen LogP contribution in [0.2, 0.25) is 0 Å². The first-order valence-corrected chi connectivity index (χ1v) is 11.0. The van der Waals surface area contributed by atoms with Crippen LogP contribution in [0.15, 0.2) is 64.6 Å². The van der Waals surface area contributed by atoms with Gasteiger partial charge in [-0.05, 0) is 41.8 Å². The Morgan fingerprint density at radius 3 is 2.32 bits per heavy atom. The number of carbonyl (C=O) groups is 3. The van der Waals surface area contributed by atoms with Crippen LogP contribution in [0.5, 0.6) is 0 Å². The summed E-state index contributed by atoms with van der Waals surface area (Å²) in [7, 11) is 0. The van der Waals surface area contributed by atoms with Crippen molar-refractivity contribution in [2.75, 3.05) is 16.1 Å². The highest BCUT2D eigenvalue weighted by Crippen LogP contribution is 2.23. The van der Waals surface area contributed by atoms with Crippen molar-refractivity contribution in [3.05, 3.63) is 54.6 Å². The molecule has 0 unspecified atom stereocenters. The second kappa shape index (κ2) is 9.78. The van der Waals surface area contributed by atoms with Gasteiger partial charge in [0.05, 0.1) is 17.9 Å². The minimum absolute atomic E-state index is 0.0243. The van der Waals surface area contributed by atoms with Crippen LogP contribution >= 0.6 is 11.8 Å². The van der Waals surface area contributed by atoms with E-state index in [4.69, 9.17) is 0 Å². The number of anilines is 2. The predicted molar refractivity (Wildman–Crippen MR) is 124 cm³/mol. The Balaban J connectivity index is 1.48. The van der Waals surface area contributed by atoms with Crippen LogP contribution in [0.4, 0.5) is 11.4 Å². The zero-order valence-electron chi connectivity index (χ0n) is 17.8. The van der Waals surface area contributed by atoms with Gasteiger partial charge in [0.25, 0.3) is 5.91 Å². The molecule has 0 radical (unpaired) electrons. The van der Waals surface area contributed by atoms with E-state index in [2.05, 4.69) is 15.7 Å². The van der Waals surface area contributed by atoms with Gasteiger partial charge in [0.2, 0.25) is 11.8 Å². The largest absolute Gasteiger partial charge is 0.326 e. The standard InChI is InChI=1S/C23H26N4O3S/c1-23(2,3)14-20(28)24-16-9-11-18(12-10-16)31-15-21(29)25-19-13-22(30)27(26-19)17-7-5-4-6-8-17/h4-12H,13-15H2,1-3H3,(H,24,28)(H,25,26,29). The minimum atomic E-state index is -0.228. The Morgan fingerprint density at radius 1 is 1.00 bits per heavy atom. The summed E-state index contributed by atoms with van der Waals surface area (Å²) in [5.41, 5.74) is 1.32. The van der Waals surface area contributed by atoms with E-state index >= 15 is 0 Å². The molecular weight excluding hydrogens is 412 g/mol. The zero-order chi connectivity index (χ0) is 22.4. The fourth-order valence-corrected chi connectivity index (χ4v) is 3.64. The van der Waals surface area contributed by atoms with Crippen LogP contribution in [0.1, 0.15) is 33.6 Å². The molecule has 2 aromatic carbocycles. The third-order valence-corrected chi connectivity index (χ3v) is 5.27. The number of carbonyl (C=O) groups excluding carboxylic acids is 3. The molecule has 0 spiro atoms. The van der Waals surface area contributed by atoms with Crippen molar-refractivity contribution in [2.24, 2.45) is 10.5 Å². The van der Waals surface area contributed by atoms with Crippen molar-refractivity contribution in [3.63, 3.8) is 0 Å². The van der Waals surface area contributed by atoms with E-state index in [1.807, 2.05) is 63.2 Å². The van der Waals surface area contributed by atoms with E-state index in [0.29, 0.717) is 17.9 Å². The number of nitrogens with zero attached hydrogens (tertiary/aromatic N) is 2. The van der Waals surface area contributed by atoms with Crippen LogP contribution in [0.25, 0.3) is 0 Å². The normalized spacial score (nSPS) is 13.7. The number of amides is 3. The molecule has 162 valence electrons. The summed E-state index contributed by atoms with van der Waals surface area (Å²) in [6.45, 7) is 6.05. The SMILES string of the molecule is CC(C)(C)CC(=O)Nc1ccc(SCC(=O)NC2=NN(c3ccccc3)C(=O)C2)cc1. The summed E-state index contributed by atoms with van der Waals surface area (Å²) in [5.74, 6) is 0.0983. The average molecular weight is 439 g/mol. The molecule has 8 heteroatoms. The molecule has 2 aromatic rings. The monoisotopic (exact) mass is 438 g/mol. The van der Waals surface area contributed by atoms with Gasteiger partial charge in [-0.15, -0.1) is 11.8 Å². The molecule has 0 saturated carbocycles. The first kappa shape index (κ1) is 22.6. The second-order valence-electron chi connectivity index (χ2n) is 8.41. The molecule has 2 N–H and O–H groups in total. The minimum Gasteiger partial charge on any atom is -0.326 e. The molecule has 0 saturated heterocycles. The third kappa shape index (κ3) is 6.96. The molecule has 1 aliphatic heterocycles.